The van der Waals surface area contributed by atoms with Gasteiger partial charge in [0, 0.05) is 26.2 Å². The summed E-state index contributed by atoms with van der Waals surface area (Å²) in [6, 6.07) is 0. The fraction of sp³-hybridized carbons (Fsp3) is 0.800. The monoisotopic (exact) mass is 509 g/mol. The zero-order valence-electron chi connectivity index (χ0n) is 25.8. The highest BCUT2D eigenvalue weighted by molar-refractivity contribution is 7.56. The van der Waals surface area contributed by atoms with E-state index in [-0.39, 0.29) is 31.5 Å². The van der Waals surface area contributed by atoms with Crippen LogP contribution in [0.3, 0.4) is 0 Å². The van der Waals surface area contributed by atoms with Crippen molar-refractivity contribution in [2.75, 3.05) is 0 Å². The van der Waals surface area contributed by atoms with Crippen LogP contribution in [-0.4, -0.2) is 20.6 Å². The molecule has 0 fully saturated rings. The fourth-order valence-corrected chi connectivity index (χ4v) is 10.3. The van der Waals surface area contributed by atoms with E-state index < -0.39 is 16.3 Å². The lowest BCUT2D eigenvalue weighted by Gasteiger charge is -2.44. The molecule has 0 aromatic heterocycles. The van der Waals surface area contributed by atoms with Crippen LogP contribution in [0, 0.1) is 16.7 Å². The van der Waals surface area contributed by atoms with Gasteiger partial charge in [0.05, 0.1) is 22.2 Å². The van der Waals surface area contributed by atoms with Gasteiger partial charge in [-0.2, -0.15) is 0 Å². The van der Waals surface area contributed by atoms with Gasteiger partial charge in [-0.3, -0.25) is 0 Å². The Labute approximate surface area is 216 Å². The first-order valence-electron chi connectivity index (χ1n) is 12.7. The third kappa shape index (κ3) is 8.39. The second kappa shape index (κ2) is 9.88. The summed E-state index contributed by atoms with van der Waals surface area (Å²) in [5.41, 5.74) is 4.80. The van der Waals surface area contributed by atoms with E-state index in [1.165, 1.54) is 11.5 Å². The summed E-state index contributed by atoms with van der Waals surface area (Å²) in [5.74, 6) is 2.94. The van der Waals surface area contributed by atoms with Crippen LogP contribution in [0.25, 0.3) is 0 Å². The van der Waals surface area contributed by atoms with Crippen molar-refractivity contribution in [2.45, 2.75) is 145 Å². The minimum atomic E-state index is -0.780. The summed E-state index contributed by atoms with van der Waals surface area (Å²) in [6.45, 7) is 41.1. The summed E-state index contributed by atoms with van der Waals surface area (Å²) in [4.78, 5) is 0. The first kappa shape index (κ1) is 31.7. The molecule has 0 atom stereocenters. The van der Waals surface area contributed by atoms with Crippen molar-refractivity contribution in [3.8, 4) is 0 Å². The number of hydrogen-bond donors (Lipinski definition) is 0. The molecule has 1 aliphatic rings. The standard InChI is InChI=1S/C30H55O2P2/c1-25(2,3)21-19-22(26(4,5)6)24(32-34(29(13,14)15)30(16,17)18)20-23(21)31-33(27(7,8)9)28(10,11)12/h19H,1-18H3. The van der Waals surface area contributed by atoms with Crippen molar-refractivity contribution in [2.24, 2.45) is 10.8 Å². The van der Waals surface area contributed by atoms with E-state index in [1.54, 1.807) is 0 Å². The fourth-order valence-electron chi connectivity index (χ4n) is 4.51. The van der Waals surface area contributed by atoms with E-state index in [4.69, 9.17) is 9.05 Å². The van der Waals surface area contributed by atoms with Crippen LogP contribution in [0.1, 0.15) is 125 Å². The van der Waals surface area contributed by atoms with E-state index in [1.807, 2.05) is 0 Å². The smallest absolute Gasteiger partial charge is 0.172 e. The second-order valence-corrected chi connectivity index (χ2v) is 22.6. The Hall–Kier alpha value is -0.280. The lowest BCUT2D eigenvalue weighted by Crippen LogP contribution is -2.30. The van der Waals surface area contributed by atoms with E-state index >= 15 is 0 Å². The van der Waals surface area contributed by atoms with E-state index in [0.29, 0.717) is 0 Å². The molecule has 0 saturated carbocycles. The average Bonchev–Trinajstić information content (AvgIpc) is 2.51. The minimum Gasteiger partial charge on any atom is -0.468 e. The van der Waals surface area contributed by atoms with Crippen molar-refractivity contribution in [1.29, 1.82) is 0 Å². The summed E-state index contributed by atoms with van der Waals surface area (Å²) in [5, 5.41) is 0.181. The lowest BCUT2D eigenvalue weighted by atomic mass is 9.73. The molecule has 0 heterocycles. The van der Waals surface area contributed by atoms with Crippen LogP contribution in [0.4, 0.5) is 0 Å². The molecule has 0 aromatic rings. The van der Waals surface area contributed by atoms with Gasteiger partial charge in [0.15, 0.2) is 11.5 Å². The predicted molar refractivity (Wildman–Crippen MR) is 156 cm³/mol. The molecule has 2 nitrogen and oxygen atoms in total. The van der Waals surface area contributed by atoms with Crippen LogP contribution in [0.2, 0.25) is 0 Å². The quantitative estimate of drug-likeness (QED) is 0.277. The molecule has 1 radical (unpaired) electrons. The topological polar surface area (TPSA) is 18.5 Å². The molecule has 0 N–H and O–H groups in total. The zero-order valence-corrected chi connectivity index (χ0v) is 27.6. The van der Waals surface area contributed by atoms with Gasteiger partial charge in [-0.15, -0.1) is 0 Å². The van der Waals surface area contributed by atoms with Gasteiger partial charge >= 0.3 is 0 Å². The van der Waals surface area contributed by atoms with Crippen molar-refractivity contribution in [1.82, 2.24) is 0 Å². The molecule has 1 aliphatic carbocycles. The third-order valence-electron chi connectivity index (χ3n) is 5.42. The molecule has 4 heteroatoms. The Morgan fingerprint density at radius 3 is 1.09 bits per heavy atom. The van der Waals surface area contributed by atoms with Crippen molar-refractivity contribution < 1.29 is 9.05 Å². The Morgan fingerprint density at radius 2 is 0.824 bits per heavy atom. The van der Waals surface area contributed by atoms with Gasteiger partial charge in [0.1, 0.15) is 0 Å². The van der Waals surface area contributed by atoms with Gasteiger partial charge in [-0.1, -0.05) is 131 Å². The van der Waals surface area contributed by atoms with E-state index in [0.717, 1.165) is 11.5 Å². The summed E-state index contributed by atoms with van der Waals surface area (Å²) >= 11 is 0. The minimum absolute atomic E-state index is 0.0454. The molecule has 0 bridgehead atoms. The number of hydrogen-bond acceptors (Lipinski definition) is 2. The molecule has 0 spiro atoms. The Kier molecular flexibility index (Phi) is 9.23. The maximum absolute atomic E-state index is 7.00. The molecular weight excluding hydrogens is 454 g/mol. The van der Waals surface area contributed by atoms with Gasteiger partial charge in [0.25, 0.3) is 0 Å². The molecule has 1 rings (SSSR count). The number of allylic oxidation sites excluding steroid dienone is 1. The average molecular weight is 510 g/mol. The van der Waals surface area contributed by atoms with E-state index in [9.17, 15) is 0 Å². The lowest BCUT2D eigenvalue weighted by molar-refractivity contribution is 0.347. The van der Waals surface area contributed by atoms with Crippen LogP contribution >= 0.6 is 16.3 Å². The van der Waals surface area contributed by atoms with Crippen LogP contribution in [0.15, 0.2) is 28.9 Å². The Morgan fingerprint density at radius 1 is 0.500 bits per heavy atom. The highest BCUT2D eigenvalue weighted by Crippen LogP contribution is 2.65. The molecule has 197 valence electrons. The van der Waals surface area contributed by atoms with Crippen molar-refractivity contribution >= 4 is 16.3 Å². The summed E-state index contributed by atoms with van der Waals surface area (Å²) in [7, 11) is -1.56. The zero-order chi connectivity index (χ0) is 27.3. The predicted octanol–water partition coefficient (Wildman–Crippen LogP) is 11.0. The SMILES string of the molecule is CC(C)(C)[C]1C=C(C(C)(C)C)C(OP(C(C)(C)C)C(C)(C)C)=C=C1OP(C(C)(C)C)C(C)(C)C. The highest BCUT2D eigenvalue weighted by Gasteiger charge is 2.44. The largest absolute Gasteiger partial charge is 0.468 e. The van der Waals surface area contributed by atoms with Gasteiger partial charge in [-0.05, 0) is 16.6 Å². The maximum Gasteiger partial charge on any atom is 0.172 e. The number of rotatable bonds is 4. The first-order valence-corrected chi connectivity index (χ1v) is 15.3. The molecule has 0 aliphatic heterocycles. The van der Waals surface area contributed by atoms with Gasteiger partial charge < -0.3 is 9.05 Å². The Balaban J connectivity index is 3.90. The van der Waals surface area contributed by atoms with Crippen LogP contribution in [0.5, 0.6) is 0 Å². The molecule has 0 amide bonds. The molecule has 0 aromatic carbocycles. The normalized spacial score (nSPS) is 17.6. The summed E-state index contributed by atoms with van der Waals surface area (Å²) < 4.78 is 14.0. The van der Waals surface area contributed by atoms with Gasteiger partial charge in [0.2, 0.25) is 0 Å². The summed E-state index contributed by atoms with van der Waals surface area (Å²) in [6.07, 6.45) is 2.35. The molecule has 0 saturated heterocycles. The van der Waals surface area contributed by atoms with Gasteiger partial charge in [-0.25, -0.2) is 0 Å². The second-order valence-electron chi connectivity index (χ2n) is 15.7. The van der Waals surface area contributed by atoms with E-state index in [2.05, 4.69) is 136 Å². The Bertz CT molecular complexity index is 788. The van der Waals surface area contributed by atoms with Crippen molar-refractivity contribution in [3.63, 3.8) is 0 Å². The molecule has 0 unspecified atom stereocenters. The maximum atomic E-state index is 7.00. The molecular formula is C30H55O2P2. The highest BCUT2D eigenvalue weighted by atomic mass is 31.1. The van der Waals surface area contributed by atoms with Crippen LogP contribution in [-0.2, 0) is 9.05 Å². The van der Waals surface area contributed by atoms with Crippen molar-refractivity contribution in [3.05, 3.63) is 34.8 Å². The molecule has 34 heavy (non-hydrogen) atoms. The third-order valence-corrected chi connectivity index (χ3v) is 11.0. The van der Waals surface area contributed by atoms with Crippen LogP contribution < -0.4 is 0 Å². The first-order chi connectivity index (χ1) is 14.7.